The van der Waals surface area contributed by atoms with Crippen molar-refractivity contribution in [1.29, 1.82) is 5.26 Å². The number of nitrogens with zero attached hydrogens (tertiary/aromatic N) is 4. The van der Waals surface area contributed by atoms with Crippen LogP contribution in [0, 0.1) is 17.2 Å². The molecular formula is C31H37F3N6O2S. The maximum absolute atomic E-state index is 14.4. The molecule has 43 heavy (non-hydrogen) atoms. The smallest absolute Gasteiger partial charge is 0.385 e. The van der Waals surface area contributed by atoms with Gasteiger partial charge in [-0.15, -0.1) is 0 Å². The van der Waals surface area contributed by atoms with Crippen LogP contribution in [0.4, 0.5) is 13.2 Å². The zero-order valence-corrected chi connectivity index (χ0v) is 25.3. The molecule has 1 aromatic heterocycles. The standard InChI is InChI=1S/C31H37F3N6O2S/c1-22(2)13-15-38-40(30(43)37-14-6-16-42-3)29(41)26(17-25-7-4-5-8-27(25)31(32,33)34)28-19-36-21-39(28)20-24-11-9-23(18-35)10-12-24/h4-5,7-12,19,21-22,26,38H,6,13-17,20H2,1-3H3,(H,37,43). The van der Waals surface area contributed by atoms with Gasteiger partial charge in [-0.05, 0) is 66.7 Å². The average molecular weight is 615 g/mol. The predicted molar refractivity (Wildman–Crippen MR) is 162 cm³/mol. The first-order chi connectivity index (χ1) is 20.5. The molecular weight excluding hydrogens is 577 g/mol. The van der Waals surface area contributed by atoms with Gasteiger partial charge in [0.05, 0.1) is 35.1 Å². The Morgan fingerprint density at radius 3 is 2.53 bits per heavy atom. The lowest BCUT2D eigenvalue weighted by Gasteiger charge is -2.30. The van der Waals surface area contributed by atoms with Crippen molar-refractivity contribution in [3.63, 3.8) is 0 Å². The summed E-state index contributed by atoms with van der Waals surface area (Å²) in [7, 11) is 1.59. The average Bonchev–Trinajstić information content (AvgIpc) is 3.43. The maximum atomic E-state index is 14.4. The van der Waals surface area contributed by atoms with E-state index >= 15 is 0 Å². The van der Waals surface area contributed by atoms with Gasteiger partial charge in [-0.25, -0.2) is 15.4 Å². The van der Waals surface area contributed by atoms with E-state index in [0.29, 0.717) is 49.8 Å². The van der Waals surface area contributed by atoms with Gasteiger partial charge in [0.2, 0.25) is 0 Å². The van der Waals surface area contributed by atoms with E-state index in [-0.39, 0.29) is 17.1 Å². The van der Waals surface area contributed by atoms with E-state index in [0.717, 1.165) is 18.1 Å². The summed E-state index contributed by atoms with van der Waals surface area (Å²) >= 11 is 5.60. The Labute approximate surface area is 255 Å². The molecule has 0 fully saturated rings. The van der Waals surface area contributed by atoms with Crippen molar-refractivity contribution < 1.29 is 22.7 Å². The number of ether oxygens (including phenoxy) is 1. The minimum atomic E-state index is -4.60. The molecule has 1 atom stereocenters. The number of nitriles is 1. The van der Waals surface area contributed by atoms with Crippen LogP contribution in [0.5, 0.6) is 0 Å². The Hall–Kier alpha value is -3.79. The number of rotatable bonds is 14. The Balaban J connectivity index is 2.03. The number of halogens is 3. The van der Waals surface area contributed by atoms with Crippen molar-refractivity contribution in [2.24, 2.45) is 5.92 Å². The zero-order valence-electron chi connectivity index (χ0n) is 24.5. The summed E-state index contributed by atoms with van der Waals surface area (Å²) in [6, 6.07) is 14.3. The molecule has 0 saturated heterocycles. The number of hydrazine groups is 1. The molecule has 1 heterocycles. The molecule has 1 amide bonds. The number of amides is 1. The van der Waals surface area contributed by atoms with Crippen LogP contribution < -0.4 is 10.7 Å². The summed E-state index contributed by atoms with van der Waals surface area (Å²) in [5, 5.41) is 13.6. The van der Waals surface area contributed by atoms with Gasteiger partial charge < -0.3 is 14.6 Å². The topological polar surface area (TPSA) is 95.2 Å². The molecule has 0 spiro atoms. The molecule has 0 aliphatic carbocycles. The summed E-state index contributed by atoms with van der Waals surface area (Å²) in [4.78, 5) is 18.6. The molecule has 0 saturated carbocycles. The van der Waals surface area contributed by atoms with Crippen molar-refractivity contribution in [1.82, 2.24) is 25.3 Å². The minimum absolute atomic E-state index is 0.0134. The van der Waals surface area contributed by atoms with Gasteiger partial charge in [-0.1, -0.05) is 44.2 Å². The van der Waals surface area contributed by atoms with Crippen molar-refractivity contribution in [2.75, 3.05) is 26.8 Å². The second-order valence-electron chi connectivity index (χ2n) is 10.5. The highest BCUT2D eigenvalue weighted by atomic mass is 32.1. The Morgan fingerprint density at radius 2 is 1.88 bits per heavy atom. The van der Waals surface area contributed by atoms with Gasteiger partial charge in [0, 0.05) is 39.5 Å². The highest BCUT2D eigenvalue weighted by Crippen LogP contribution is 2.35. The summed E-state index contributed by atoms with van der Waals surface area (Å²) < 4.78 is 48.9. The van der Waals surface area contributed by atoms with Crippen LogP contribution in [0.25, 0.3) is 0 Å². The van der Waals surface area contributed by atoms with Gasteiger partial charge in [-0.3, -0.25) is 4.79 Å². The fourth-order valence-corrected chi connectivity index (χ4v) is 4.77. The first-order valence-corrected chi connectivity index (χ1v) is 14.4. The van der Waals surface area contributed by atoms with Crippen LogP contribution in [-0.4, -0.2) is 52.4 Å². The molecule has 0 aliphatic heterocycles. The minimum Gasteiger partial charge on any atom is -0.385 e. The molecule has 0 aliphatic rings. The third-order valence-electron chi connectivity index (χ3n) is 6.80. The fourth-order valence-electron chi connectivity index (χ4n) is 4.51. The second-order valence-corrected chi connectivity index (χ2v) is 10.9. The number of methoxy groups -OCH3 is 1. The van der Waals surface area contributed by atoms with E-state index < -0.39 is 23.6 Å². The lowest BCUT2D eigenvalue weighted by Crippen LogP contribution is -2.54. The molecule has 3 aromatic rings. The third kappa shape index (κ3) is 9.88. The lowest BCUT2D eigenvalue weighted by molar-refractivity contribution is -0.139. The van der Waals surface area contributed by atoms with E-state index in [9.17, 15) is 18.0 Å². The Bertz CT molecular complexity index is 1390. The third-order valence-corrected chi connectivity index (χ3v) is 7.13. The molecule has 0 radical (unpaired) electrons. The molecule has 1 unspecified atom stereocenters. The molecule has 2 N–H and O–H groups in total. The summed E-state index contributed by atoms with van der Waals surface area (Å²) in [6.07, 6.45) is -0.396. The van der Waals surface area contributed by atoms with E-state index in [2.05, 4.69) is 21.8 Å². The fraction of sp³-hybridized carbons (Fsp3) is 0.419. The van der Waals surface area contributed by atoms with Crippen LogP contribution in [0.3, 0.4) is 0 Å². The largest absolute Gasteiger partial charge is 0.416 e. The molecule has 12 heteroatoms. The van der Waals surface area contributed by atoms with Crippen molar-refractivity contribution >= 4 is 23.2 Å². The number of carbonyl (C=O) groups is 1. The number of benzene rings is 2. The van der Waals surface area contributed by atoms with Crippen LogP contribution in [0.15, 0.2) is 61.1 Å². The zero-order chi connectivity index (χ0) is 31.4. The molecule has 0 bridgehead atoms. The number of nitrogens with one attached hydrogen (secondary N) is 2. The number of carbonyl (C=O) groups excluding carboxylic acids is 1. The quantitative estimate of drug-likeness (QED) is 0.142. The van der Waals surface area contributed by atoms with Gasteiger partial charge in [-0.2, -0.15) is 18.4 Å². The summed E-state index contributed by atoms with van der Waals surface area (Å²) in [5.74, 6) is -1.22. The second kappa shape index (κ2) is 16.2. The van der Waals surface area contributed by atoms with Crippen molar-refractivity contribution in [3.8, 4) is 6.07 Å². The van der Waals surface area contributed by atoms with Crippen molar-refractivity contribution in [2.45, 2.75) is 51.7 Å². The normalized spacial score (nSPS) is 12.1. The van der Waals surface area contributed by atoms with Crippen LogP contribution in [-0.2, 0) is 28.7 Å². The van der Waals surface area contributed by atoms with Gasteiger partial charge in [0.25, 0.3) is 5.91 Å². The van der Waals surface area contributed by atoms with Gasteiger partial charge in [0.15, 0.2) is 5.11 Å². The number of thiocarbonyl (C=S) groups is 1. The number of imidazole rings is 1. The van der Waals surface area contributed by atoms with E-state index in [1.54, 1.807) is 42.3 Å². The summed E-state index contributed by atoms with van der Waals surface area (Å²) in [6.45, 7) is 5.77. The van der Waals surface area contributed by atoms with E-state index in [4.69, 9.17) is 22.2 Å². The highest BCUT2D eigenvalue weighted by molar-refractivity contribution is 7.80. The number of hydrogen-bond acceptors (Lipinski definition) is 6. The highest BCUT2D eigenvalue weighted by Gasteiger charge is 2.37. The number of hydrogen-bond donors (Lipinski definition) is 2. The van der Waals surface area contributed by atoms with Crippen LogP contribution >= 0.6 is 12.2 Å². The molecule has 230 valence electrons. The van der Waals surface area contributed by atoms with Gasteiger partial charge in [0.1, 0.15) is 0 Å². The predicted octanol–water partition coefficient (Wildman–Crippen LogP) is 5.44. The molecule has 8 nitrogen and oxygen atoms in total. The monoisotopic (exact) mass is 614 g/mol. The number of aromatic nitrogens is 2. The Morgan fingerprint density at radius 1 is 1.16 bits per heavy atom. The van der Waals surface area contributed by atoms with E-state index in [1.165, 1.54) is 29.4 Å². The number of alkyl halides is 3. The SMILES string of the molecule is COCCCNC(=S)N(NCCC(C)C)C(=O)C(Cc1ccccc1C(F)(F)F)c1cncn1Cc1ccc(C#N)cc1. The van der Waals surface area contributed by atoms with Crippen LogP contribution in [0.1, 0.15) is 60.6 Å². The summed E-state index contributed by atoms with van der Waals surface area (Å²) in [5.41, 5.74) is 4.07. The first kappa shape index (κ1) is 33.7. The lowest BCUT2D eigenvalue weighted by atomic mass is 9.92. The Kier molecular flexibility index (Phi) is 12.7. The van der Waals surface area contributed by atoms with E-state index in [1.807, 2.05) is 13.8 Å². The molecule has 2 aromatic carbocycles. The molecule has 3 rings (SSSR count). The van der Waals surface area contributed by atoms with Crippen molar-refractivity contribution in [3.05, 3.63) is 89.0 Å². The maximum Gasteiger partial charge on any atom is 0.416 e. The van der Waals surface area contributed by atoms with Crippen LogP contribution in [0.2, 0.25) is 0 Å². The van der Waals surface area contributed by atoms with Gasteiger partial charge >= 0.3 is 6.18 Å². The first-order valence-electron chi connectivity index (χ1n) is 14.0.